The zero-order chi connectivity index (χ0) is 13.8. The number of hydrogen-bond acceptors (Lipinski definition) is 4. The third-order valence-corrected chi connectivity index (χ3v) is 3.10. The third-order valence-electron chi connectivity index (χ3n) is 3.10. The number of Topliss-reactive ketones (excluding diaryl/α,β-unsaturated/α-hetero) is 1. The van der Waals surface area contributed by atoms with E-state index in [2.05, 4.69) is 4.98 Å². The Morgan fingerprint density at radius 1 is 1.26 bits per heavy atom. The molecule has 1 atom stereocenters. The minimum absolute atomic E-state index is 0.0700. The van der Waals surface area contributed by atoms with Gasteiger partial charge in [0.2, 0.25) is 0 Å². The quantitative estimate of drug-likeness (QED) is 0.821. The molecule has 0 aliphatic rings. The van der Waals surface area contributed by atoms with E-state index in [1.165, 1.54) is 0 Å². The number of rotatable bonds is 4. The van der Waals surface area contributed by atoms with E-state index in [-0.39, 0.29) is 24.1 Å². The van der Waals surface area contributed by atoms with E-state index in [0.717, 1.165) is 11.1 Å². The Morgan fingerprint density at radius 2 is 1.95 bits per heavy atom. The molecule has 0 bridgehead atoms. The van der Waals surface area contributed by atoms with Gasteiger partial charge in [0.15, 0.2) is 5.78 Å². The summed E-state index contributed by atoms with van der Waals surface area (Å²) < 4.78 is 0. The van der Waals surface area contributed by atoms with Crippen LogP contribution >= 0.6 is 0 Å². The van der Waals surface area contributed by atoms with Gasteiger partial charge < -0.3 is 11.5 Å². The molecule has 4 heteroatoms. The number of carbonyl (C=O) groups excluding carboxylic acids is 1. The van der Waals surface area contributed by atoms with Crippen molar-refractivity contribution >= 4 is 11.6 Å². The number of hydrogen-bond donors (Lipinski definition) is 2. The number of aryl methyl sites for hydroxylation is 1. The number of carbonyl (C=O) groups is 1. The summed E-state index contributed by atoms with van der Waals surface area (Å²) in [6, 6.07) is 11.0. The van der Waals surface area contributed by atoms with Gasteiger partial charge in [0.25, 0.3) is 0 Å². The molecule has 1 aromatic heterocycles. The van der Waals surface area contributed by atoms with Crippen LogP contribution in [-0.4, -0.2) is 10.8 Å². The lowest BCUT2D eigenvalue weighted by Gasteiger charge is -2.13. The van der Waals surface area contributed by atoms with E-state index in [1.54, 1.807) is 12.3 Å². The standard InChI is InChI=1S/C15H17N3O/c1-10-7-8-18-15(17)14(10)13(19)9-12(16)11-5-3-2-4-6-11/h2-8,12H,9,16H2,1H3,(H2,17,18). The Morgan fingerprint density at radius 3 is 2.58 bits per heavy atom. The monoisotopic (exact) mass is 255 g/mol. The van der Waals surface area contributed by atoms with Crippen molar-refractivity contribution in [3.05, 3.63) is 59.3 Å². The van der Waals surface area contributed by atoms with Gasteiger partial charge in [-0.25, -0.2) is 4.98 Å². The van der Waals surface area contributed by atoms with Gasteiger partial charge in [0, 0.05) is 18.7 Å². The molecule has 0 saturated carbocycles. The van der Waals surface area contributed by atoms with Crippen molar-refractivity contribution in [2.45, 2.75) is 19.4 Å². The second kappa shape index (κ2) is 5.63. The number of nitrogen functional groups attached to an aromatic ring is 1. The molecule has 1 unspecified atom stereocenters. The van der Waals surface area contributed by atoms with Crippen LogP contribution in [0.1, 0.15) is 33.9 Å². The average molecular weight is 255 g/mol. The minimum Gasteiger partial charge on any atom is -0.383 e. The number of ketones is 1. The highest BCUT2D eigenvalue weighted by Gasteiger charge is 2.17. The van der Waals surface area contributed by atoms with Crippen LogP contribution in [0.5, 0.6) is 0 Å². The van der Waals surface area contributed by atoms with Crippen LogP contribution in [0.3, 0.4) is 0 Å². The summed E-state index contributed by atoms with van der Waals surface area (Å²) in [5.74, 6) is 0.199. The molecule has 0 aliphatic carbocycles. The number of aromatic nitrogens is 1. The van der Waals surface area contributed by atoms with Gasteiger partial charge >= 0.3 is 0 Å². The molecule has 2 aromatic rings. The highest BCUT2D eigenvalue weighted by atomic mass is 16.1. The van der Waals surface area contributed by atoms with Crippen LogP contribution in [0.15, 0.2) is 42.6 Å². The molecule has 98 valence electrons. The molecule has 0 aliphatic heterocycles. The van der Waals surface area contributed by atoms with Crippen LogP contribution in [0.4, 0.5) is 5.82 Å². The summed E-state index contributed by atoms with van der Waals surface area (Å²) in [5.41, 5.74) is 14.1. The highest BCUT2D eigenvalue weighted by Crippen LogP contribution is 2.21. The molecular formula is C15H17N3O. The average Bonchev–Trinajstić information content (AvgIpc) is 2.39. The van der Waals surface area contributed by atoms with Crippen molar-refractivity contribution in [1.29, 1.82) is 0 Å². The van der Waals surface area contributed by atoms with Gasteiger partial charge in [-0.2, -0.15) is 0 Å². The van der Waals surface area contributed by atoms with E-state index < -0.39 is 0 Å². The molecule has 0 amide bonds. The molecule has 1 heterocycles. The predicted octanol–water partition coefficient (Wildman–Crippen LogP) is 2.25. The first kappa shape index (κ1) is 13.2. The maximum absolute atomic E-state index is 12.3. The second-order valence-electron chi connectivity index (χ2n) is 4.53. The Kier molecular flexibility index (Phi) is 3.92. The van der Waals surface area contributed by atoms with Crippen molar-refractivity contribution in [2.75, 3.05) is 5.73 Å². The third kappa shape index (κ3) is 2.98. The summed E-state index contributed by atoms with van der Waals surface area (Å²) in [4.78, 5) is 16.2. The number of nitrogens with two attached hydrogens (primary N) is 2. The van der Waals surface area contributed by atoms with Gasteiger partial charge in [0.1, 0.15) is 5.82 Å². The molecule has 0 spiro atoms. The van der Waals surface area contributed by atoms with Crippen molar-refractivity contribution in [1.82, 2.24) is 4.98 Å². The van der Waals surface area contributed by atoms with Crippen LogP contribution in [0.2, 0.25) is 0 Å². The Bertz CT molecular complexity index is 561. The summed E-state index contributed by atoms with van der Waals surface area (Å²) >= 11 is 0. The summed E-state index contributed by atoms with van der Waals surface area (Å²) in [7, 11) is 0. The molecule has 0 saturated heterocycles. The number of anilines is 1. The molecule has 4 N–H and O–H groups in total. The summed E-state index contributed by atoms with van der Waals surface area (Å²) in [6.07, 6.45) is 1.82. The highest BCUT2D eigenvalue weighted by molar-refractivity contribution is 6.01. The number of pyridine rings is 1. The van der Waals surface area contributed by atoms with Crippen LogP contribution in [-0.2, 0) is 0 Å². The lowest BCUT2D eigenvalue weighted by molar-refractivity contribution is 0.0974. The minimum atomic E-state index is -0.326. The Labute approximate surface area is 112 Å². The van der Waals surface area contributed by atoms with Crippen molar-refractivity contribution < 1.29 is 4.79 Å². The molecule has 19 heavy (non-hydrogen) atoms. The van der Waals surface area contributed by atoms with Crippen LogP contribution in [0.25, 0.3) is 0 Å². The zero-order valence-corrected chi connectivity index (χ0v) is 10.8. The van der Waals surface area contributed by atoms with Gasteiger partial charge in [-0.1, -0.05) is 30.3 Å². The van der Waals surface area contributed by atoms with E-state index in [9.17, 15) is 4.79 Å². The first-order valence-electron chi connectivity index (χ1n) is 6.14. The lowest BCUT2D eigenvalue weighted by Crippen LogP contribution is -2.17. The largest absolute Gasteiger partial charge is 0.383 e. The lowest BCUT2D eigenvalue weighted by atomic mass is 9.97. The zero-order valence-electron chi connectivity index (χ0n) is 10.8. The fraction of sp³-hybridized carbons (Fsp3) is 0.200. The number of nitrogens with zero attached hydrogens (tertiary/aromatic N) is 1. The van der Waals surface area contributed by atoms with Crippen molar-refractivity contribution in [2.24, 2.45) is 5.73 Å². The van der Waals surface area contributed by atoms with E-state index in [1.807, 2.05) is 37.3 Å². The molecular weight excluding hydrogens is 238 g/mol. The fourth-order valence-corrected chi connectivity index (χ4v) is 2.06. The second-order valence-corrected chi connectivity index (χ2v) is 4.53. The Hall–Kier alpha value is -2.20. The Balaban J connectivity index is 2.18. The fourth-order valence-electron chi connectivity index (χ4n) is 2.06. The molecule has 4 nitrogen and oxygen atoms in total. The predicted molar refractivity (Wildman–Crippen MR) is 75.7 cm³/mol. The molecule has 0 fully saturated rings. The van der Waals surface area contributed by atoms with E-state index in [4.69, 9.17) is 11.5 Å². The van der Waals surface area contributed by atoms with Gasteiger partial charge in [-0.05, 0) is 24.1 Å². The van der Waals surface area contributed by atoms with Gasteiger partial charge in [0.05, 0.1) is 5.56 Å². The van der Waals surface area contributed by atoms with E-state index in [0.29, 0.717) is 5.56 Å². The first-order chi connectivity index (χ1) is 9.09. The smallest absolute Gasteiger partial charge is 0.168 e. The maximum Gasteiger partial charge on any atom is 0.168 e. The summed E-state index contributed by atoms with van der Waals surface area (Å²) in [6.45, 7) is 1.85. The SMILES string of the molecule is Cc1ccnc(N)c1C(=O)CC(N)c1ccccc1. The van der Waals surface area contributed by atoms with Crippen LogP contribution < -0.4 is 11.5 Å². The van der Waals surface area contributed by atoms with Crippen LogP contribution in [0, 0.1) is 6.92 Å². The van der Waals surface area contributed by atoms with Crippen molar-refractivity contribution in [3.63, 3.8) is 0 Å². The summed E-state index contributed by atoms with van der Waals surface area (Å²) in [5, 5.41) is 0. The number of benzene rings is 1. The van der Waals surface area contributed by atoms with E-state index >= 15 is 0 Å². The molecule has 1 aromatic carbocycles. The van der Waals surface area contributed by atoms with Gasteiger partial charge in [-0.3, -0.25) is 4.79 Å². The molecule has 2 rings (SSSR count). The van der Waals surface area contributed by atoms with Gasteiger partial charge in [-0.15, -0.1) is 0 Å². The normalized spacial score (nSPS) is 12.1. The maximum atomic E-state index is 12.3. The van der Waals surface area contributed by atoms with Crippen molar-refractivity contribution in [3.8, 4) is 0 Å². The molecule has 0 radical (unpaired) electrons. The topological polar surface area (TPSA) is 82.0 Å². The first-order valence-corrected chi connectivity index (χ1v) is 6.14.